The third-order valence-corrected chi connectivity index (χ3v) is 1.82. The predicted molar refractivity (Wildman–Crippen MR) is 61.7 cm³/mol. The summed E-state index contributed by atoms with van der Waals surface area (Å²) in [7, 11) is 0. The molecule has 0 saturated carbocycles. The third kappa shape index (κ3) is 9.53. The molecular formula is C11H24N2O2. The van der Waals surface area contributed by atoms with E-state index < -0.39 is 5.60 Å². The molecule has 0 aliphatic rings. The molecule has 0 rings (SSSR count). The van der Waals surface area contributed by atoms with Gasteiger partial charge in [-0.1, -0.05) is 0 Å². The van der Waals surface area contributed by atoms with Crippen LogP contribution in [0, 0.1) is 0 Å². The first-order valence-corrected chi connectivity index (χ1v) is 5.46. The van der Waals surface area contributed by atoms with E-state index in [2.05, 4.69) is 5.32 Å². The van der Waals surface area contributed by atoms with Gasteiger partial charge in [-0.05, 0) is 47.5 Å². The molecule has 0 radical (unpaired) electrons. The SMILES string of the molecule is CC(N)CC[C@H](C)NC(=O)OC(C)(C)C. The summed E-state index contributed by atoms with van der Waals surface area (Å²) in [5, 5.41) is 2.78. The molecule has 0 spiro atoms. The van der Waals surface area contributed by atoms with Gasteiger partial charge in [-0.15, -0.1) is 0 Å². The van der Waals surface area contributed by atoms with Gasteiger partial charge in [-0.3, -0.25) is 0 Å². The first kappa shape index (κ1) is 14.2. The van der Waals surface area contributed by atoms with Crippen LogP contribution in [0.5, 0.6) is 0 Å². The fraction of sp³-hybridized carbons (Fsp3) is 0.909. The standard InChI is InChI=1S/C11H24N2O2/c1-8(12)6-7-9(2)13-10(14)15-11(3,4)5/h8-9H,6-7,12H2,1-5H3,(H,13,14)/t8?,9-/m0/s1. The van der Waals surface area contributed by atoms with Crippen LogP contribution in [-0.2, 0) is 4.74 Å². The second-order valence-electron chi connectivity index (χ2n) is 5.10. The molecule has 0 fully saturated rings. The molecule has 0 aromatic heterocycles. The maximum atomic E-state index is 11.3. The highest BCUT2D eigenvalue weighted by Gasteiger charge is 2.17. The van der Waals surface area contributed by atoms with E-state index in [4.69, 9.17) is 10.5 Å². The van der Waals surface area contributed by atoms with Gasteiger partial charge in [0.05, 0.1) is 0 Å². The van der Waals surface area contributed by atoms with Gasteiger partial charge < -0.3 is 15.8 Å². The lowest BCUT2D eigenvalue weighted by Gasteiger charge is -2.22. The molecule has 0 aliphatic heterocycles. The van der Waals surface area contributed by atoms with Gasteiger partial charge in [0.1, 0.15) is 5.60 Å². The van der Waals surface area contributed by atoms with Crippen LogP contribution in [0.25, 0.3) is 0 Å². The summed E-state index contributed by atoms with van der Waals surface area (Å²) < 4.78 is 5.13. The second kappa shape index (κ2) is 5.95. The van der Waals surface area contributed by atoms with Crippen LogP contribution in [0.15, 0.2) is 0 Å². The Labute approximate surface area is 92.6 Å². The Morgan fingerprint density at radius 3 is 2.27 bits per heavy atom. The molecule has 4 nitrogen and oxygen atoms in total. The molecule has 90 valence electrons. The highest BCUT2D eigenvalue weighted by Crippen LogP contribution is 2.07. The fourth-order valence-corrected chi connectivity index (χ4v) is 1.09. The Morgan fingerprint density at radius 2 is 1.87 bits per heavy atom. The molecule has 0 bridgehead atoms. The minimum absolute atomic E-state index is 0.103. The molecule has 1 amide bonds. The van der Waals surface area contributed by atoms with Crippen molar-refractivity contribution < 1.29 is 9.53 Å². The van der Waals surface area contributed by atoms with Gasteiger partial charge in [0.2, 0.25) is 0 Å². The number of hydrogen-bond donors (Lipinski definition) is 2. The minimum atomic E-state index is -0.440. The van der Waals surface area contributed by atoms with Crippen LogP contribution >= 0.6 is 0 Å². The van der Waals surface area contributed by atoms with Crippen molar-refractivity contribution in [2.75, 3.05) is 0 Å². The normalized spacial score (nSPS) is 15.6. The largest absolute Gasteiger partial charge is 0.444 e. The maximum absolute atomic E-state index is 11.3. The van der Waals surface area contributed by atoms with Crippen LogP contribution in [0.3, 0.4) is 0 Å². The van der Waals surface area contributed by atoms with Gasteiger partial charge in [-0.2, -0.15) is 0 Å². The average molecular weight is 216 g/mol. The molecular weight excluding hydrogens is 192 g/mol. The number of nitrogens with two attached hydrogens (primary N) is 1. The van der Waals surface area contributed by atoms with Crippen LogP contribution in [0.2, 0.25) is 0 Å². The molecule has 0 aromatic rings. The first-order chi connectivity index (χ1) is 6.70. The van der Waals surface area contributed by atoms with E-state index in [1.165, 1.54) is 0 Å². The van der Waals surface area contributed by atoms with Crippen LogP contribution in [0.1, 0.15) is 47.5 Å². The Kier molecular flexibility index (Phi) is 5.65. The first-order valence-electron chi connectivity index (χ1n) is 5.46. The lowest BCUT2D eigenvalue weighted by atomic mass is 10.1. The van der Waals surface area contributed by atoms with Gasteiger partial charge in [0.15, 0.2) is 0 Å². The van der Waals surface area contributed by atoms with Crippen molar-refractivity contribution >= 4 is 6.09 Å². The van der Waals surface area contributed by atoms with Crippen LogP contribution < -0.4 is 11.1 Å². The van der Waals surface area contributed by atoms with E-state index in [0.717, 1.165) is 12.8 Å². The molecule has 4 heteroatoms. The number of amides is 1. The summed E-state index contributed by atoms with van der Waals surface area (Å²) in [4.78, 5) is 11.3. The number of nitrogens with one attached hydrogen (secondary N) is 1. The van der Waals surface area contributed by atoms with Crippen molar-refractivity contribution in [1.82, 2.24) is 5.32 Å². The minimum Gasteiger partial charge on any atom is -0.444 e. The van der Waals surface area contributed by atoms with Crippen molar-refractivity contribution in [2.24, 2.45) is 5.73 Å². The Hall–Kier alpha value is -0.770. The van der Waals surface area contributed by atoms with E-state index in [-0.39, 0.29) is 18.2 Å². The summed E-state index contributed by atoms with van der Waals surface area (Å²) in [6.07, 6.45) is 1.41. The maximum Gasteiger partial charge on any atom is 0.407 e. The average Bonchev–Trinajstić information content (AvgIpc) is 1.96. The zero-order chi connectivity index (χ0) is 12.1. The molecule has 0 saturated heterocycles. The van der Waals surface area contributed by atoms with Gasteiger partial charge in [0, 0.05) is 12.1 Å². The van der Waals surface area contributed by atoms with Crippen molar-refractivity contribution in [1.29, 1.82) is 0 Å². The molecule has 3 N–H and O–H groups in total. The van der Waals surface area contributed by atoms with E-state index in [1.807, 2.05) is 34.6 Å². The van der Waals surface area contributed by atoms with Gasteiger partial charge >= 0.3 is 6.09 Å². The summed E-state index contributed by atoms with van der Waals surface area (Å²) in [6.45, 7) is 9.45. The number of alkyl carbamates (subject to hydrolysis) is 1. The smallest absolute Gasteiger partial charge is 0.407 e. The lowest BCUT2D eigenvalue weighted by Crippen LogP contribution is -2.38. The van der Waals surface area contributed by atoms with Gasteiger partial charge in [-0.25, -0.2) is 4.79 Å². The van der Waals surface area contributed by atoms with E-state index >= 15 is 0 Å². The Bertz CT molecular complexity index is 197. The van der Waals surface area contributed by atoms with Crippen molar-refractivity contribution in [3.63, 3.8) is 0 Å². The van der Waals surface area contributed by atoms with Crippen molar-refractivity contribution in [2.45, 2.75) is 65.1 Å². The number of rotatable bonds is 4. The molecule has 0 aromatic carbocycles. The molecule has 0 heterocycles. The number of hydrogen-bond acceptors (Lipinski definition) is 3. The Balaban J connectivity index is 3.77. The lowest BCUT2D eigenvalue weighted by molar-refractivity contribution is 0.0505. The number of carbonyl (C=O) groups is 1. The zero-order valence-corrected chi connectivity index (χ0v) is 10.5. The summed E-state index contributed by atoms with van der Waals surface area (Å²) in [5.74, 6) is 0. The predicted octanol–water partition coefficient (Wildman–Crippen LogP) is 2.03. The molecule has 15 heavy (non-hydrogen) atoms. The summed E-state index contributed by atoms with van der Waals surface area (Å²) >= 11 is 0. The van der Waals surface area contributed by atoms with Crippen LogP contribution in [0.4, 0.5) is 4.79 Å². The fourth-order valence-electron chi connectivity index (χ4n) is 1.09. The topological polar surface area (TPSA) is 64.3 Å². The zero-order valence-electron chi connectivity index (χ0n) is 10.5. The Morgan fingerprint density at radius 1 is 1.33 bits per heavy atom. The molecule has 1 unspecified atom stereocenters. The van der Waals surface area contributed by atoms with E-state index in [1.54, 1.807) is 0 Å². The van der Waals surface area contributed by atoms with Gasteiger partial charge in [0.25, 0.3) is 0 Å². The number of ether oxygens (including phenoxy) is 1. The monoisotopic (exact) mass is 216 g/mol. The number of carbonyl (C=O) groups excluding carboxylic acids is 1. The summed E-state index contributed by atoms with van der Waals surface area (Å²) in [6, 6.07) is 0.277. The van der Waals surface area contributed by atoms with Crippen molar-refractivity contribution in [3.8, 4) is 0 Å². The quantitative estimate of drug-likeness (QED) is 0.755. The van der Waals surface area contributed by atoms with E-state index in [0.29, 0.717) is 0 Å². The second-order valence-corrected chi connectivity index (χ2v) is 5.10. The summed E-state index contributed by atoms with van der Waals surface area (Å²) in [5.41, 5.74) is 5.19. The third-order valence-electron chi connectivity index (χ3n) is 1.82. The highest BCUT2D eigenvalue weighted by molar-refractivity contribution is 5.67. The highest BCUT2D eigenvalue weighted by atomic mass is 16.6. The molecule has 0 aliphatic carbocycles. The van der Waals surface area contributed by atoms with Crippen molar-refractivity contribution in [3.05, 3.63) is 0 Å². The van der Waals surface area contributed by atoms with E-state index in [9.17, 15) is 4.79 Å². The molecule has 2 atom stereocenters. The van der Waals surface area contributed by atoms with Crippen LogP contribution in [-0.4, -0.2) is 23.8 Å².